The van der Waals surface area contributed by atoms with Crippen LogP contribution in [0.25, 0.3) is 0 Å². The van der Waals surface area contributed by atoms with Gasteiger partial charge in [-0.3, -0.25) is 14.4 Å². The Labute approximate surface area is 122 Å². The molecule has 0 aromatic carbocycles. The first-order chi connectivity index (χ1) is 9.84. The predicted molar refractivity (Wildman–Crippen MR) is 76.9 cm³/mol. The number of aromatic amines is 1. The molecule has 1 aliphatic carbocycles. The zero-order chi connectivity index (χ0) is 15.6. The van der Waals surface area contributed by atoms with Crippen LogP contribution in [0.2, 0.25) is 0 Å². The summed E-state index contributed by atoms with van der Waals surface area (Å²) in [5.74, 6) is -1.23. The molecular formula is C15H20N2O4. The number of nitrogens with one attached hydrogen (secondary N) is 2. The molecule has 0 atom stereocenters. The predicted octanol–water partition coefficient (Wildman–Crippen LogP) is 1.25. The largest absolute Gasteiger partial charge is 0.481 e. The van der Waals surface area contributed by atoms with Gasteiger partial charge in [0.05, 0.1) is 5.41 Å². The van der Waals surface area contributed by atoms with Crippen molar-refractivity contribution in [3.63, 3.8) is 0 Å². The molecule has 6 nitrogen and oxygen atoms in total. The van der Waals surface area contributed by atoms with Gasteiger partial charge in [-0.05, 0) is 38.3 Å². The summed E-state index contributed by atoms with van der Waals surface area (Å²) >= 11 is 0. The Morgan fingerprint density at radius 2 is 2.05 bits per heavy atom. The van der Waals surface area contributed by atoms with Gasteiger partial charge in [0.1, 0.15) is 0 Å². The second kappa shape index (κ2) is 5.71. The second-order valence-electron chi connectivity index (χ2n) is 5.84. The number of carbonyl (C=O) groups is 2. The average molecular weight is 292 g/mol. The number of pyridine rings is 1. The highest BCUT2D eigenvalue weighted by Gasteiger charge is 2.45. The molecule has 0 saturated heterocycles. The van der Waals surface area contributed by atoms with Gasteiger partial charge in [0, 0.05) is 24.2 Å². The summed E-state index contributed by atoms with van der Waals surface area (Å²) in [6.07, 6.45) is 1.90. The van der Waals surface area contributed by atoms with E-state index in [1.165, 1.54) is 0 Å². The molecule has 1 aromatic rings. The van der Waals surface area contributed by atoms with Crippen molar-refractivity contribution in [2.75, 3.05) is 0 Å². The number of amides is 1. The summed E-state index contributed by atoms with van der Waals surface area (Å²) in [6, 6.07) is 1.84. The fourth-order valence-corrected chi connectivity index (χ4v) is 2.73. The molecule has 0 spiro atoms. The van der Waals surface area contributed by atoms with E-state index in [2.05, 4.69) is 10.3 Å². The molecule has 1 aliphatic rings. The van der Waals surface area contributed by atoms with Gasteiger partial charge in [-0.2, -0.15) is 0 Å². The highest BCUT2D eigenvalue weighted by molar-refractivity contribution is 5.85. The zero-order valence-electron chi connectivity index (χ0n) is 12.3. The van der Waals surface area contributed by atoms with Crippen LogP contribution in [-0.4, -0.2) is 22.0 Å². The summed E-state index contributed by atoms with van der Waals surface area (Å²) in [5, 5.41) is 11.9. The number of carboxylic acid groups (broad SMARTS) is 1. The Morgan fingerprint density at radius 3 is 2.52 bits per heavy atom. The molecule has 114 valence electrons. The molecule has 0 unspecified atom stereocenters. The molecule has 1 aromatic heterocycles. The van der Waals surface area contributed by atoms with Gasteiger partial charge in [0.25, 0.3) is 5.56 Å². The molecule has 1 saturated carbocycles. The van der Waals surface area contributed by atoms with Crippen molar-refractivity contribution in [2.24, 2.45) is 5.41 Å². The van der Waals surface area contributed by atoms with Crippen molar-refractivity contribution >= 4 is 11.9 Å². The Bertz CT molecular complexity index is 629. The molecule has 1 amide bonds. The minimum Gasteiger partial charge on any atom is -0.481 e. The lowest BCUT2D eigenvalue weighted by molar-refractivity contribution is -0.157. The highest BCUT2D eigenvalue weighted by Crippen LogP contribution is 2.44. The summed E-state index contributed by atoms with van der Waals surface area (Å²) < 4.78 is 0. The Morgan fingerprint density at radius 1 is 1.38 bits per heavy atom. The minimum atomic E-state index is -0.909. The maximum atomic E-state index is 11.9. The van der Waals surface area contributed by atoms with Crippen molar-refractivity contribution < 1.29 is 14.7 Å². The molecule has 21 heavy (non-hydrogen) atoms. The van der Waals surface area contributed by atoms with Gasteiger partial charge < -0.3 is 15.4 Å². The zero-order valence-corrected chi connectivity index (χ0v) is 12.3. The fourth-order valence-electron chi connectivity index (χ4n) is 2.73. The summed E-state index contributed by atoms with van der Waals surface area (Å²) in [7, 11) is 0. The molecule has 1 fully saturated rings. The molecule has 0 radical (unpaired) electrons. The average Bonchev–Trinajstić information content (AvgIpc) is 2.31. The number of H-pyrrole nitrogens is 1. The van der Waals surface area contributed by atoms with E-state index in [1.807, 2.05) is 13.0 Å². The van der Waals surface area contributed by atoms with Crippen LogP contribution in [-0.2, 0) is 16.1 Å². The van der Waals surface area contributed by atoms with E-state index in [1.54, 1.807) is 6.92 Å². The number of hydrogen-bond donors (Lipinski definition) is 3. The Kier molecular flexibility index (Phi) is 4.16. The van der Waals surface area contributed by atoms with Crippen LogP contribution in [0.4, 0.5) is 0 Å². The lowest BCUT2D eigenvalue weighted by atomic mass is 9.66. The Hall–Kier alpha value is -2.11. The third kappa shape index (κ3) is 3.15. The molecule has 6 heteroatoms. The monoisotopic (exact) mass is 292 g/mol. The van der Waals surface area contributed by atoms with Gasteiger partial charge in [0.15, 0.2) is 0 Å². The first-order valence-corrected chi connectivity index (χ1v) is 7.03. The maximum Gasteiger partial charge on any atom is 0.310 e. The number of aryl methyl sites for hydroxylation is 2. The minimum absolute atomic E-state index is 0.0227. The lowest BCUT2D eigenvalue weighted by Crippen LogP contribution is -2.42. The first kappa shape index (κ1) is 15.3. The molecule has 0 bridgehead atoms. The summed E-state index contributed by atoms with van der Waals surface area (Å²) in [5.41, 5.74) is 0.968. The van der Waals surface area contributed by atoms with Crippen LogP contribution in [0.3, 0.4) is 0 Å². The van der Waals surface area contributed by atoms with Crippen LogP contribution in [0.15, 0.2) is 10.9 Å². The van der Waals surface area contributed by atoms with Gasteiger partial charge in [-0.25, -0.2) is 0 Å². The number of carbonyl (C=O) groups excluding carboxylic acids is 1. The summed E-state index contributed by atoms with van der Waals surface area (Å²) in [4.78, 5) is 37.7. The maximum absolute atomic E-state index is 11.9. The normalized spacial score (nSPS) is 16.1. The van der Waals surface area contributed by atoms with E-state index in [0.29, 0.717) is 18.4 Å². The lowest BCUT2D eigenvalue weighted by Gasteiger charge is -2.36. The van der Waals surface area contributed by atoms with Crippen molar-refractivity contribution in [1.29, 1.82) is 0 Å². The van der Waals surface area contributed by atoms with Crippen molar-refractivity contribution in [2.45, 2.75) is 46.1 Å². The standard InChI is InChI=1S/C15H20N2O4/c1-9-6-10(2)17-13(19)11(9)8-16-12(18)7-15(14(20)21)4-3-5-15/h6H,3-5,7-8H2,1-2H3,(H,16,18)(H,17,19)(H,20,21). The van der Waals surface area contributed by atoms with Crippen LogP contribution < -0.4 is 10.9 Å². The third-order valence-electron chi connectivity index (χ3n) is 4.22. The molecule has 2 rings (SSSR count). The first-order valence-electron chi connectivity index (χ1n) is 7.03. The Balaban J connectivity index is 1.99. The quantitative estimate of drug-likeness (QED) is 0.760. The van der Waals surface area contributed by atoms with Crippen LogP contribution in [0.1, 0.15) is 42.5 Å². The topological polar surface area (TPSA) is 99.3 Å². The van der Waals surface area contributed by atoms with Gasteiger partial charge >= 0.3 is 5.97 Å². The van der Waals surface area contributed by atoms with Gasteiger partial charge in [-0.15, -0.1) is 0 Å². The summed E-state index contributed by atoms with van der Waals surface area (Å²) in [6.45, 7) is 3.73. The number of rotatable bonds is 5. The fraction of sp³-hybridized carbons (Fsp3) is 0.533. The third-order valence-corrected chi connectivity index (χ3v) is 4.22. The second-order valence-corrected chi connectivity index (χ2v) is 5.84. The number of hydrogen-bond acceptors (Lipinski definition) is 3. The van der Waals surface area contributed by atoms with E-state index in [9.17, 15) is 19.5 Å². The SMILES string of the molecule is Cc1cc(C)c(CNC(=O)CC2(C(=O)O)CCC2)c(=O)[nH]1. The van der Waals surface area contributed by atoms with Crippen molar-refractivity contribution in [3.8, 4) is 0 Å². The van der Waals surface area contributed by atoms with E-state index in [0.717, 1.165) is 17.7 Å². The van der Waals surface area contributed by atoms with Crippen molar-refractivity contribution in [1.82, 2.24) is 10.3 Å². The molecule has 3 N–H and O–H groups in total. The van der Waals surface area contributed by atoms with Gasteiger partial charge in [-0.1, -0.05) is 6.42 Å². The number of aliphatic carboxylic acids is 1. The molecular weight excluding hydrogens is 272 g/mol. The molecule has 0 aliphatic heterocycles. The number of carboxylic acids is 1. The van der Waals surface area contributed by atoms with Crippen LogP contribution in [0, 0.1) is 19.3 Å². The van der Waals surface area contributed by atoms with Crippen LogP contribution >= 0.6 is 0 Å². The van der Waals surface area contributed by atoms with Crippen molar-refractivity contribution in [3.05, 3.63) is 33.2 Å². The number of aromatic nitrogens is 1. The highest BCUT2D eigenvalue weighted by atomic mass is 16.4. The smallest absolute Gasteiger partial charge is 0.310 e. The van der Waals surface area contributed by atoms with E-state index < -0.39 is 11.4 Å². The van der Waals surface area contributed by atoms with E-state index >= 15 is 0 Å². The van der Waals surface area contributed by atoms with E-state index in [4.69, 9.17) is 0 Å². The van der Waals surface area contributed by atoms with Gasteiger partial charge in [0.2, 0.25) is 5.91 Å². The van der Waals surface area contributed by atoms with E-state index in [-0.39, 0.29) is 24.4 Å². The van der Waals surface area contributed by atoms with Crippen LogP contribution in [0.5, 0.6) is 0 Å². The molecule has 1 heterocycles.